The first kappa shape index (κ1) is 13.8. The molecule has 102 valence electrons. The van der Waals surface area contributed by atoms with Crippen molar-refractivity contribution in [1.82, 2.24) is 9.55 Å². The number of aromatic nitrogens is 2. The normalized spacial score (nSPS) is 12.1. The second-order valence-corrected chi connectivity index (χ2v) is 6.20. The van der Waals surface area contributed by atoms with Crippen molar-refractivity contribution in [2.24, 2.45) is 7.05 Å². The molecule has 0 fully saturated rings. The third-order valence-electron chi connectivity index (χ3n) is 3.50. The maximum Gasteiger partial charge on any atom is 0.166 e. The quantitative estimate of drug-likeness (QED) is 0.768. The molecule has 0 amide bonds. The lowest BCUT2D eigenvalue weighted by atomic mass is 9.90. The van der Waals surface area contributed by atoms with E-state index in [2.05, 4.69) is 33.8 Å². The van der Waals surface area contributed by atoms with Crippen LogP contribution in [0.15, 0.2) is 12.3 Å². The number of hydrogen-bond donors (Lipinski definition) is 0. The highest BCUT2D eigenvalue weighted by Crippen LogP contribution is 2.28. The molecule has 3 heteroatoms. The smallest absolute Gasteiger partial charge is 0.166 e. The minimum atomic E-state index is -0.0126. The molecule has 0 aliphatic heterocycles. The van der Waals surface area contributed by atoms with Crippen LogP contribution in [0.1, 0.15) is 55.7 Å². The maximum absolute atomic E-state index is 12.1. The zero-order chi connectivity index (χ0) is 14.4. The fourth-order valence-electron chi connectivity index (χ4n) is 2.40. The average molecular weight is 258 g/mol. The molecule has 0 aliphatic carbocycles. The SMILES string of the molecule is CCC(=O)c1cn(C)c2c(C)cc(C(C)(C)C)nc12. The van der Waals surface area contributed by atoms with E-state index in [4.69, 9.17) is 4.98 Å². The monoisotopic (exact) mass is 258 g/mol. The van der Waals surface area contributed by atoms with Gasteiger partial charge >= 0.3 is 0 Å². The van der Waals surface area contributed by atoms with Gasteiger partial charge in [0.05, 0.1) is 16.6 Å². The Hall–Kier alpha value is -1.64. The van der Waals surface area contributed by atoms with Crippen molar-refractivity contribution in [3.05, 3.63) is 29.1 Å². The lowest BCUT2D eigenvalue weighted by Crippen LogP contribution is -2.14. The van der Waals surface area contributed by atoms with Gasteiger partial charge in [-0.05, 0) is 18.6 Å². The average Bonchev–Trinajstić information content (AvgIpc) is 2.65. The van der Waals surface area contributed by atoms with E-state index in [0.717, 1.165) is 22.3 Å². The van der Waals surface area contributed by atoms with Crippen LogP contribution in [0.3, 0.4) is 0 Å². The summed E-state index contributed by atoms with van der Waals surface area (Å²) in [5, 5.41) is 0. The van der Waals surface area contributed by atoms with Crippen molar-refractivity contribution in [3.8, 4) is 0 Å². The maximum atomic E-state index is 12.1. The van der Waals surface area contributed by atoms with E-state index in [0.29, 0.717) is 6.42 Å². The van der Waals surface area contributed by atoms with Gasteiger partial charge in [-0.1, -0.05) is 27.7 Å². The van der Waals surface area contributed by atoms with Crippen molar-refractivity contribution in [1.29, 1.82) is 0 Å². The number of fused-ring (bicyclic) bond motifs is 1. The molecule has 19 heavy (non-hydrogen) atoms. The third-order valence-corrected chi connectivity index (χ3v) is 3.50. The number of rotatable bonds is 2. The van der Waals surface area contributed by atoms with Crippen LogP contribution in [-0.4, -0.2) is 15.3 Å². The number of nitrogens with zero attached hydrogens (tertiary/aromatic N) is 2. The first-order chi connectivity index (χ1) is 8.75. The molecule has 2 rings (SSSR count). The number of pyridine rings is 1. The number of hydrogen-bond acceptors (Lipinski definition) is 2. The zero-order valence-electron chi connectivity index (χ0n) is 12.7. The van der Waals surface area contributed by atoms with Crippen LogP contribution in [0.5, 0.6) is 0 Å². The summed E-state index contributed by atoms with van der Waals surface area (Å²) in [6, 6.07) is 2.13. The van der Waals surface area contributed by atoms with Crippen LogP contribution in [0.2, 0.25) is 0 Å². The van der Waals surface area contributed by atoms with Gasteiger partial charge in [0.1, 0.15) is 0 Å². The Morgan fingerprint density at radius 1 is 1.37 bits per heavy atom. The first-order valence-corrected chi connectivity index (χ1v) is 6.76. The Balaban J connectivity index is 2.81. The Morgan fingerprint density at radius 3 is 2.53 bits per heavy atom. The summed E-state index contributed by atoms with van der Waals surface area (Å²) >= 11 is 0. The minimum Gasteiger partial charge on any atom is -0.348 e. The fraction of sp³-hybridized carbons (Fsp3) is 0.500. The number of Topliss-reactive ketones (excluding diaryl/α,β-unsaturated/α-hetero) is 1. The Bertz CT molecular complexity index is 645. The van der Waals surface area contributed by atoms with Gasteiger partial charge < -0.3 is 4.57 Å². The van der Waals surface area contributed by atoms with Gasteiger partial charge in [-0.25, -0.2) is 4.98 Å². The van der Waals surface area contributed by atoms with Crippen LogP contribution in [0.25, 0.3) is 11.0 Å². The number of carbonyl (C=O) groups excluding carboxylic acids is 1. The molecule has 0 unspecified atom stereocenters. The second kappa shape index (κ2) is 4.48. The molecule has 2 aromatic heterocycles. The molecule has 0 radical (unpaired) electrons. The molecular weight excluding hydrogens is 236 g/mol. The highest BCUT2D eigenvalue weighted by atomic mass is 16.1. The number of carbonyl (C=O) groups is 1. The summed E-state index contributed by atoms with van der Waals surface area (Å²) in [6.45, 7) is 10.4. The number of ketones is 1. The van der Waals surface area contributed by atoms with Crippen LogP contribution in [0, 0.1) is 6.92 Å². The van der Waals surface area contributed by atoms with Gasteiger partial charge in [0.2, 0.25) is 0 Å². The third kappa shape index (κ3) is 2.29. The summed E-state index contributed by atoms with van der Waals surface area (Å²) in [6.07, 6.45) is 2.42. The van der Waals surface area contributed by atoms with E-state index in [1.807, 2.05) is 24.7 Å². The van der Waals surface area contributed by atoms with E-state index in [1.54, 1.807) is 0 Å². The van der Waals surface area contributed by atoms with E-state index < -0.39 is 0 Å². The van der Waals surface area contributed by atoms with Gasteiger partial charge in [0.15, 0.2) is 5.78 Å². The van der Waals surface area contributed by atoms with E-state index >= 15 is 0 Å². The summed E-state index contributed by atoms with van der Waals surface area (Å²) in [4.78, 5) is 16.8. The second-order valence-electron chi connectivity index (χ2n) is 6.20. The predicted molar refractivity (Wildman–Crippen MR) is 78.8 cm³/mol. The standard InChI is InChI=1S/C16H22N2O/c1-7-12(19)11-9-18(6)15-10(2)8-13(16(3,4)5)17-14(11)15/h8-9H,7H2,1-6H3. The molecule has 2 aromatic rings. The molecule has 2 heterocycles. The van der Waals surface area contributed by atoms with Gasteiger partial charge in [-0.2, -0.15) is 0 Å². The summed E-state index contributed by atoms with van der Waals surface area (Å²) in [5.74, 6) is 0.156. The highest BCUT2D eigenvalue weighted by Gasteiger charge is 2.21. The number of aryl methyl sites for hydroxylation is 2. The van der Waals surface area contributed by atoms with E-state index in [1.165, 1.54) is 5.56 Å². The van der Waals surface area contributed by atoms with E-state index in [-0.39, 0.29) is 11.2 Å². The molecular formula is C16H22N2O. The summed E-state index contributed by atoms with van der Waals surface area (Å²) < 4.78 is 2.01. The fourth-order valence-corrected chi connectivity index (χ4v) is 2.40. The molecule has 0 atom stereocenters. The largest absolute Gasteiger partial charge is 0.348 e. The van der Waals surface area contributed by atoms with Crippen molar-refractivity contribution in [2.75, 3.05) is 0 Å². The van der Waals surface area contributed by atoms with Crippen molar-refractivity contribution < 1.29 is 4.79 Å². The Morgan fingerprint density at radius 2 is 2.00 bits per heavy atom. The van der Waals surface area contributed by atoms with Gasteiger partial charge in [-0.3, -0.25) is 4.79 Å². The first-order valence-electron chi connectivity index (χ1n) is 6.76. The minimum absolute atomic E-state index is 0.0126. The molecule has 0 saturated heterocycles. The van der Waals surface area contributed by atoms with Crippen molar-refractivity contribution in [2.45, 2.75) is 46.5 Å². The van der Waals surface area contributed by atoms with Crippen molar-refractivity contribution in [3.63, 3.8) is 0 Å². The predicted octanol–water partition coefficient (Wildman–Crippen LogP) is 3.77. The molecule has 0 aliphatic rings. The topological polar surface area (TPSA) is 34.9 Å². The van der Waals surface area contributed by atoms with Crippen LogP contribution in [0.4, 0.5) is 0 Å². The molecule has 0 aromatic carbocycles. The van der Waals surface area contributed by atoms with Crippen molar-refractivity contribution >= 4 is 16.8 Å². The molecule has 0 N–H and O–H groups in total. The molecule has 0 spiro atoms. The summed E-state index contributed by atoms with van der Waals surface area (Å²) in [7, 11) is 1.97. The van der Waals surface area contributed by atoms with E-state index in [9.17, 15) is 4.79 Å². The molecule has 3 nitrogen and oxygen atoms in total. The Kier molecular flexibility index (Phi) is 3.25. The summed E-state index contributed by atoms with van der Waals surface area (Å²) in [5.41, 5.74) is 4.85. The van der Waals surface area contributed by atoms with Crippen LogP contribution >= 0.6 is 0 Å². The molecule has 0 saturated carbocycles. The van der Waals surface area contributed by atoms with Gasteiger partial charge in [0.25, 0.3) is 0 Å². The van der Waals surface area contributed by atoms with Gasteiger partial charge in [-0.15, -0.1) is 0 Å². The van der Waals surface area contributed by atoms with Crippen LogP contribution in [-0.2, 0) is 12.5 Å². The zero-order valence-corrected chi connectivity index (χ0v) is 12.7. The lowest BCUT2D eigenvalue weighted by molar-refractivity contribution is 0.0989. The Labute approximate surface area is 114 Å². The highest BCUT2D eigenvalue weighted by molar-refractivity contribution is 6.07. The van der Waals surface area contributed by atoms with Gasteiger partial charge in [0, 0.05) is 30.8 Å². The van der Waals surface area contributed by atoms with Crippen LogP contribution < -0.4 is 0 Å². The lowest BCUT2D eigenvalue weighted by Gasteiger charge is -2.19. The molecule has 0 bridgehead atoms.